The molecule has 2 heteroatoms. The van der Waals surface area contributed by atoms with E-state index in [9.17, 15) is 0 Å². The minimum Gasteiger partial charge on any atom is -0.380 e. The molecule has 0 aromatic rings. The van der Waals surface area contributed by atoms with Gasteiger partial charge in [-0.2, -0.15) is 0 Å². The fraction of sp³-hybridized carbons (Fsp3) is 0.818. The summed E-state index contributed by atoms with van der Waals surface area (Å²) in [6.07, 6.45) is 1.31. The van der Waals surface area contributed by atoms with Gasteiger partial charge in [-0.1, -0.05) is 13.5 Å². The summed E-state index contributed by atoms with van der Waals surface area (Å²) >= 11 is 0. The molecule has 72 valence electrons. The van der Waals surface area contributed by atoms with Crippen LogP contribution in [0.1, 0.15) is 13.3 Å². The first kappa shape index (κ1) is 8.01. The van der Waals surface area contributed by atoms with Gasteiger partial charge in [-0.05, 0) is 12.0 Å². The summed E-state index contributed by atoms with van der Waals surface area (Å²) in [5, 5.41) is 0. The SMILES string of the molecule is C=C1COC[C@H]1[C@@]12COC[C@]1(C)C2. The van der Waals surface area contributed by atoms with Gasteiger partial charge in [0.25, 0.3) is 0 Å². The van der Waals surface area contributed by atoms with Crippen molar-refractivity contribution >= 4 is 0 Å². The third-order valence-electron chi connectivity index (χ3n) is 4.29. The maximum atomic E-state index is 5.58. The standard InChI is InChI=1S/C11H16O2/c1-8-3-12-4-9(8)11-5-10(11,2)6-13-7-11/h9H,1,3-7H2,2H3/t9-,10+,11-/m1/s1. The lowest BCUT2D eigenvalue weighted by Gasteiger charge is -2.20. The lowest BCUT2D eigenvalue weighted by atomic mass is 9.81. The first-order valence-corrected chi connectivity index (χ1v) is 5.01. The van der Waals surface area contributed by atoms with Crippen molar-refractivity contribution in [2.45, 2.75) is 13.3 Å². The Morgan fingerprint density at radius 2 is 2.23 bits per heavy atom. The maximum absolute atomic E-state index is 5.58. The van der Waals surface area contributed by atoms with E-state index in [1.54, 1.807) is 0 Å². The van der Waals surface area contributed by atoms with Gasteiger partial charge >= 0.3 is 0 Å². The maximum Gasteiger partial charge on any atom is 0.0678 e. The Bertz CT molecular complexity index is 269. The fourth-order valence-electron chi connectivity index (χ4n) is 3.25. The predicted octanol–water partition coefficient (Wildman–Crippen LogP) is 1.62. The van der Waals surface area contributed by atoms with E-state index in [2.05, 4.69) is 13.5 Å². The molecule has 0 radical (unpaired) electrons. The Balaban J connectivity index is 1.89. The number of rotatable bonds is 1. The second-order valence-corrected chi connectivity index (χ2v) is 5.11. The third-order valence-corrected chi connectivity index (χ3v) is 4.29. The van der Waals surface area contributed by atoms with Crippen molar-refractivity contribution in [1.82, 2.24) is 0 Å². The molecule has 3 fully saturated rings. The van der Waals surface area contributed by atoms with Crippen LogP contribution in [0.5, 0.6) is 0 Å². The van der Waals surface area contributed by atoms with Gasteiger partial charge in [0, 0.05) is 16.7 Å². The highest BCUT2D eigenvalue weighted by Crippen LogP contribution is 2.72. The van der Waals surface area contributed by atoms with Gasteiger partial charge in [-0.15, -0.1) is 0 Å². The second kappa shape index (κ2) is 2.18. The number of hydrogen-bond donors (Lipinski definition) is 0. The van der Waals surface area contributed by atoms with Gasteiger partial charge in [0.15, 0.2) is 0 Å². The molecule has 1 saturated carbocycles. The number of hydrogen-bond acceptors (Lipinski definition) is 2. The average molecular weight is 180 g/mol. The van der Waals surface area contributed by atoms with Gasteiger partial charge in [-0.3, -0.25) is 0 Å². The Morgan fingerprint density at radius 1 is 1.38 bits per heavy atom. The summed E-state index contributed by atoms with van der Waals surface area (Å²) in [6, 6.07) is 0. The van der Waals surface area contributed by atoms with Crippen molar-refractivity contribution in [3.63, 3.8) is 0 Å². The molecule has 2 nitrogen and oxygen atoms in total. The van der Waals surface area contributed by atoms with Crippen LogP contribution < -0.4 is 0 Å². The van der Waals surface area contributed by atoms with Crippen LogP contribution in [0.2, 0.25) is 0 Å². The molecule has 2 aliphatic heterocycles. The molecule has 3 aliphatic rings. The predicted molar refractivity (Wildman–Crippen MR) is 49.4 cm³/mol. The van der Waals surface area contributed by atoms with Gasteiger partial charge in [0.2, 0.25) is 0 Å². The Labute approximate surface area is 78.9 Å². The van der Waals surface area contributed by atoms with E-state index >= 15 is 0 Å². The third kappa shape index (κ3) is 0.810. The first-order valence-electron chi connectivity index (χ1n) is 5.01. The first-order chi connectivity index (χ1) is 6.18. The molecule has 2 saturated heterocycles. The monoisotopic (exact) mass is 180 g/mol. The van der Waals surface area contributed by atoms with Gasteiger partial charge in [-0.25, -0.2) is 0 Å². The molecular weight excluding hydrogens is 164 g/mol. The zero-order valence-corrected chi connectivity index (χ0v) is 8.14. The van der Waals surface area contributed by atoms with E-state index in [-0.39, 0.29) is 0 Å². The van der Waals surface area contributed by atoms with E-state index in [0.29, 0.717) is 16.7 Å². The zero-order valence-electron chi connectivity index (χ0n) is 8.14. The lowest BCUT2D eigenvalue weighted by Crippen LogP contribution is -2.23. The Morgan fingerprint density at radius 3 is 2.69 bits per heavy atom. The van der Waals surface area contributed by atoms with Crippen LogP contribution >= 0.6 is 0 Å². The quantitative estimate of drug-likeness (QED) is 0.571. The summed E-state index contributed by atoms with van der Waals surface area (Å²) in [5.74, 6) is 0.569. The van der Waals surface area contributed by atoms with E-state index in [0.717, 1.165) is 26.4 Å². The minimum atomic E-state index is 0.403. The highest BCUT2D eigenvalue weighted by atomic mass is 16.5. The lowest BCUT2D eigenvalue weighted by molar-refractivity contribution is 0.115. The molecule has 3 atom stereocenters. The molecule has 3 rings (SSSR count). The Kier molecular flexibility index (Phi) is 1.34. The highest BCUT2D eigenvalue weighted by Gasteiger charge is 2.71. The topological polar surface area (TPSA) is 18.5 Å². The minimum absolute atomic E-state index is 0.403. The van der Waals surface area contributed by atoms with Crippen molar-refractivity contribution in [3.05, 3.63) is 12.2 Å². The summed E-state index contributed by atoms with van der Waals surface area (Å²) in [4.78, 5) is 0. The van der Waals surface area contributed by atoms with Gasteiger partial charge in [0.05, 0.1) is 26.4 Å². The summed E-state index contributed by atoms with van der Waals surface area (Å²) < 4.78 is 11.0. The van der Waals surface area contributed by atoms with Crippen molar-refractivity contribution in [1.29, 1.82) is 0 Å². The van der Waals surface area contributed by atoms with E-state index in [1.165, 1.54) is 12.0 Å². The van der Waals surface area contributed by atoms with Crippen LogP contribution in [0.4, 0.5) is 0 Å². The van der Waals surface area contributed by atoms with Crippen LogP contribution in [0, 0.1) is 16.7 Å². The average Bonchev–Trinajstić information content (AvgIpc) is 2.49. The molecule has 0 spiro atoms. The molecule has 1 aliphatic carbocycles. The van der Waals surface area contributed by atoms with E-state index in [4.69, 9.17) is 9.47 Å². The fourth-order valence-corrected chi connectivity index (χ4v) is 3.25. The number of ether oxygens (including phenoxy) is 2. The molecular formula is C11H16O2. The number of fused-ring (bicyclic) bond motifs is 1. The molecule has 0 bridgehead atoms. The molecule has 2 heterocycles. The summed E-state index contributed by atoms with van der Waals surface area (Å²) in [7, 11) is 0. The second-order valence-electron chi connectivity index (χ2n) is 5.11. The van der Waals surface area contributed by atoms with Crippen LogP contribution in [0.25, 0.3) is 0 Å². The smallest absolute Gasteiger partial charge is 0.0678 e. The van der Waals surface area contributed by atoms with Crippen molar-refractivity contribution in [3.8, 4) is 0 Å². The van der Waals surface area contributed by atoms with Crippen LogP contribution in [0.15, 0.2) is 12.2 Å². The van der Waals surface area contributed by atoms with Gasteiger partial charge in [0.1, 0.15) is 0 Å². The van der Waals surface area contributed by atoms with Crippen LogP contribution in [-0.2, 0) is 9.47 Å². The summed E-state index contributed by atoms with van der Waals surface area (Å²) in [5.41, 5.74) is 2.13. The highest BCUT2D eigenvalue weighted by molar-refractivity contribution is 5.26. The molecule has 0 N–H and O–H groups in total. The zero-order chi connectivity index (χ0) is 9.10. The molecule has 0 amide bonds. The van der Waals surface area contributed by atoms with E-state index < -0.39 is 0 Å². The molecule has 13 heavy (non-hydrogen) atoms. The van der Waals surface area contributed by atoms with E-state index in [1.807, 2.05) is 0 Å². The van der Waals surface area contributed by atoms with Crippen LogP contribution in [0.3, 0.4) is 0 Å². The largest absolute Gasteiger partial charge is 0.380 e. The normalized spacial score (nSPS) is 53.9. The van der Waals surface area contributed by atoms with Crippen molar-refractivity contribution in [2.24, 2.45) is 16.7 Å². The van der Waals surface area contributed by atoms with Gasteiger partial charge < -0.3 is 9.47 Å². The molecule has 0 aromatic carbocycles. The Hall–Kier alpha value is -0.340. The molecule has 0 aromatic heterocycles. The molecule has 0 unspecified atom stereocenters. The van der Waals surface area contributed by atoms with Crippen molar-refractivity contribution < 1.29 is 9.47 Å². The summed E-state index contributed by atoms with van der Waals surface area (Å²) in [6.45, 7) is 9.95. The van der Waals surface area contributed by atoms with Crippen molar-refractivity contribution in [2.75, 3.05) is 26.4 Å². The van der Waals surface area contributed by atoms with Crippen LogP contribution in [-0.4, -0.2) is 26.4 Å².